The number of hydrogen-bond donors (Lipinski definition) is 0. The van der Waals surface area contributed by atoms with E-state index in [2.05, 4.69) is 20.8 Å². The number of likely N-dealkylation sites (tertiary alicyclic amines) is 1. The Balaban J connectivity index is 0.00000180. The maximum atomic E-state index is 11.9. The number of ether oxygens (including phenoxy) is 1. The molecule has 1 heterocycles. The third kappa shape index (κ3) is 5.13. The van der Waals surface area contributed by atoms with Crippen molar-refractivity contribution < 1.29 is 9.53 Å². The van der Waals surface area contributed by atoms with Gasteiger partial charge in [-0.2, -0.15) is 0 Å². The minimum atomic E-state index is -0.247. The summed E-state index contributed by atoms with van der Waals surface area (Å²) in [5.74, 6) is -0.247. The summed E-state index contributed by atoms with van der Waals surface area (Å²) in [7, 11) is 0. The molecule has 1 aromatic rings. The van der Waals surface area contributed by atoms with Gasteiger partial charge < -0.3 is 4.74 Å². The van der Waals surface area contributed by atoms with Crippen molar-refractivity contribution in [2.24, 2.45) is 0 Å². The number of halogens is 2. The fourth-order valence-corrected chi connectivity index (χ4v) is 2.63. The molecule has 0 aromatic heterocycles. The monoisotopic (exact) mass is 347 g/mol. The second-order valence-electron chi connectivity index (χ2n) is 4.73. The molecule has 1 saturated heterocycles. The minimum absolute atomic E-state index is 0. The SMILES string of the molecule is CC(CN1CCCC1)OC(=O)c1cccc(Br)c1.Cl. The van der Waals surface area contributed by atoms with Crippen LogP contribution in [0.15, 0.2) is 28.7 Å². The van der Waals surface area contributed by atoms with Crippen LogP contribution in [0, 0.1) is 0 Å². The Morgan fingerprint density at radius 1 is 1.42 bits per heavy atom. The molecule has 0 N–H and O–H groups in total. The van der Waals surface area contributed by atoms with Crippen molar-refractivity contribution in [2.45, 2.75) is 25.9 Å². The number of hydrogen-bond acceptors (Lipinski definition) is 3. The molecule has 1 fully saturated rings. The fourth-order valence-electron chi connectivity index (χ4n) is 2.23. The molecule has 1 unspecified atom stereocenters. The average Bonchev–Trinajstić information content (AvgIpc) is 2.81. The zero-order chi connectivity index (χ0) is 13.0. The summed E-state index contributed by atoms with van der Waals surface area (Å²) in [6.45, 7) is 5.03. The normalized spacial score (nSPS) is 16.7. The molecule has 0 spiro atoms. The van der Waals surface area contributed by atoms with E-state index in [1.54, 1.807) is 12.1 Å². The molecule has 5 heteroatoms. The van der Waals surface area contributed by atoms with E-state index in [1.165, 1.54) is 12.8 Å². The third-order valence-corrected chi connectivity index (χ3v) is 3.58. The van der Waals surface area contributed by atoms with Crippen LogP contribution in [0.3, 0.4) is 0 Å². The second-order valence-corrected chi connectivity index (χ2v) is 5.65. The molecule has 3 nitrogen and oxygen atoms in total. The highest BCUT2D eigenvalue weighted by atomic mass is 79.9. The highest BCUT2D eigenvalue weighted by Crippen LogP contribution is 2.14. The van der Waals surface area contributed by atoms with Crippen LogP contribution in [0.5, 0.6) is 0 Å². The van der Waals surface area contributed by atoms with Crippen molar-refractivity contribution in [1.29, 1.82) is 0 Å². The van der Waals surface area contributed by atoms with Gasteiger partial charge >= 0.3 is 5.97 Å². The smallest absolute Gasteiger partial charge is 0.338 e. The molecule has 19 heavy (non-hydrogen) atoms. The quantitative estimate of drug-likeness (QED) is 0.780. The second kappa shape index (κ2) is 7.88. The van der Waals surface area contributed by atoms with E-state index in [-0.39, 0.29) is 24.5 Å². The predicted molar refractivity (Wildman–Crippen MR) is 81.9 cm³/mol. The summed E-state index contributed by atoms with van der Waals surface area (Å²) in [6.07, 6.45) is 2.45. The molecule has 0 radical (unpaired) electrons. The van der Waals surface area contributed by atoms with Gasteiger partial charge in [-0.1, -0.05) is 22.0 Å². The van der Waals surface area contributed by atoms with E-state index in [9.17, 15) is 4.79 Å². The summed E-state index contributed by atoms with van der Waals surface area (Å²) in [5.41, 5.74) is 0.595. The Morgan fingerprint density at radius 2 is 2.11 bits per heavy atom. The van der Waals surface area contributed by atoms with Crippen molar-refractivity contribution in [1.82, 2.24) is 4.90 Å². The van der Waals surface area contributed by atoms with Gasteiger partial charge in [-0.15, -0.1) is 12.4 Å². The summed E-state index contributed by atoms with van der Waals surface area (Å²) in [4.78, 5) is 14.3. The Bertz CT molecular complexity index is 422. The lowest BCUT2D eigenvalue weighted by Crippen LogP contribution is -2.31. The van der Waals surface area contributed by atoms with E-state index < -0.39 is 0 Å². The van der Waals surface area contributed by atoms with Gasteiger partial charge in [0.05, 0.1) is 5.56 Å². The molecule has 0 saturated carbocycles. The van der Waals surface area contributed by atoms with Crippen molar-refractivity contribution in [3.05, 3.63) is 34.3 Å². The first-order chi connectivity index (χ1) is 8.65. The summed E-state index contributed by atoms with van der Waals surface area (Å²) < 4.78 is 6.34. The van der Waals surface area contributed by atoms with Gasteiger partial charge in [-0.3, -0.25) is 4.90 Å². The highest BCUT2D eigenvalue weighted by Gasteiger charge is 2.18. The number of benzene rings is 1. The standard InChI is InChI=1S/C14H18BrNO2.ClH/c1-11(10-16-7-2-3-8-16)18-14(17)12-5-4-6-13(15)9-12;/h4-6,9,11H,2-3,7-8,10H2,1H3;1H. The highest BCUT2D eigenvalue weighted by molar-refractivity contribution is 9.10. The molecular weight excluding hydrogens is 330 g/mol. The largest absolute Gasteiger partial charge is 0.458 e. The van der Waals surface area contributed by atoms with Gasteiger partial charge in [0, 0.05) is 11.0 Å². The number of rotatable bonds is 4. The maximum Gasteiger partial charge on any atom is 0.338 e. The molecule has 1 aliphatic heterocycles. The lowest BCUT2D eigenvalue weighted by molar-refractivity contribution is 0.0271. The summed E-state index contributed by atoms with van der Waals surface area (Å²) in [6, 6.07) is 7.29. The van der Waals surface area contributed by atoms with Crippen molar-refractivity contribution in [3.8, 4) is 0 Å². The summed E-state index contributed by atoms with van der Waals surface area (Å²) >= 11 is 3.35. The Hall–Kier alpha value is -0.580. The first kappa shape index (κ1) is 16.5. The average molecular weight is 349 g/mol. The topological polar surface area (TPSA) is 29.5 Å². The van der Waals surface area contributed by atoms with Gasteiger partial charge in [0.2, 0.25) is 0 Å². The molecule has 106 valence electrons. The molecular formula is C14H19BrClNO2. The predicted octanol–water partition coefficient (Wildman–Crippen LogP) is 3.51. The van der Waals surface area contributed by atoms with Gasteiger partial charge in [-0.25, -0.2) is 4.79 Å². The van der Waals surface area contributed by atoms with Gasteiger partial charge in [0.1, 0.15) is 6.10 Å². The van der Waals surface area contributed by atoms with E-state index in [0.717, 1.165) is 24.1 Å². The van der Waals surface area contributed by atoms with Crippen LogP contribution < -0.4 is 0 Å². The number of nitrogens with zero attached hydrogens (tertiary/aromatic N) is 1. The van der Waals surface area contributed by atoms with E-state index in [0.29, 0.717) is 5.56 Å². The first-order valence-corrected chi connectivity index (χ1v) is 7.13. The van der Waals surface area contributed by atoms with E-state index in [1.807, 2.05) is 19.1 Å². The van der Waals surface area contributed by atoms with Gasteiger partial charge in [-0.05, 0) is 51.1 Å². The van der Waals surface area contributed by atoms with Gasteiger partial charge in [0.25, 0.3) is 0 Å². The van der Waals surface area contributed by atoms with Crippen molar-refractivity contribution in [3.63, 3.8) is 0 Å². The lowest BCUT2D eigenvalue weighted by Gasteiger charge is -2.20. The maximum absolute atomic E-state index is 11.9. The van der Waals surface area contributed by atoms with Crippen LogP contribution in [0.2, 0.25) is 0 Å². The molecule has 1 atom stereocenters. The fraction of sp³-hybridized carbons (Fsp3) is 0.500. The van der Waals surface area contributed by atoms with Crippen LogP contribution in [0.25, 0.3) is 0 Å². The van der Waals surface area contributed by atoms with Crippen LogP contribution in [0.4, 0.5) is 0 Å². The molecule has 1 aliphatic rings. The third-order valence-electron chi connectivity index (χ3n) is 3.08. The summed E-state index contributed by atoms with van der Waals surface area (Å²) in [5, 5.41) is 0. The number of esters is 1. The van der Waals surface area contributed by atoms with Crippen LogP contribution >= 0.6 is 28.3 Å². The number of carbonyl (C=O) groups excluding carboxylic acids is 1. The van der Waals surface area contributed by atoms with Crippen LogP contribution in [-0.2, 0) is 4.74 Å². The van der Waals surface area contributed by atoms with Crippen molar-refractivity contribution in [2.75, 3.05) is 19.6 Å². The van der Waals surface area contributed by atoms with E-state index in [4.69, 9.17) is 4.74 Å². The molecule has 2 rings (SSSR count). The van der Waals surface area contributed by atoms with Crippen LogP contribution in [-0.4, -0.2) is 36.6 Å². The van der Waals surface area contributed by atoms with Crippen LogP contribution in [0.1, 0.15) is 30.1 Å². The Kier molecular flexibility index (Phi) is 6.83. The molecule has 1 aromatic carbocycles. The van der Waals surface area contributed by atoms with Gasteiger partial charge in [0.15, 0.2) is 0 Å². The minimum Gasteiger partial charge on any atom is -0.458 e. The molecule has 0 amide bonds. The molecule has 0 aliphatic carbocycles. The van der Waals surface area contributed by atoms with E-state index >= 15 is 0 Å². The zero-order valence-corrected chi connectivity index (χ0v) is 13.4. The first-order valence-electron chi connectivity index (χ1n) is 6.34. The Morgan fingerprint density at radius 3 is 2.74 bits per heavy atom. The Labute approximate surface area is 128 Å². The lowest BCUT2D eigenvalue weighted by atomic mass is 10.2. The molecule has 0 bridgehead atoms. The van der Waals surface area contributed by atoms with Crippen molar-refractivity contribution >= 4 is 34.3 Å². The zero-order valence-electron chi connectivity index (χ0n) is 11.0. The number of carbonyl (C=O) groups is 1.